The summed E-state index contributed by atoms with van der Waals surface area (Å²) in [5.41, 5.74) is 6.56. The molecular formula is C22H18ClN3O. The number of pyridine rings is 1. The molecule has 2 heterocycles. The number of hydrogen-bond acceptors (Lipinski definition) is 3. The molecule has 0 aliphatic rings. The average molecular weight is 376 g/mol. The van der Waals surface area contributed by atoms with Gasteiger partial charge in [-0.2, -0.15) is 0 Å². The van der Waals surface area contributed by atoms with Crippen LogP contribution in [0, 0.1) is 13.8 Å². The Balaban J connectivity index is 1.69. The molecule has 4 nitrogen and oxygen atoms in total. The predicted octanol–water partition coefficient (Wildman–Crippen LogP) is 5.32. The summed E-state index contributed by atoms with van der Waals surface area (Å²) in [4.78, 5) is 24.5. The Labute approximate surface area is 162 Å². The summed E-state index contributed by atoms with van der Waals surface area (Å²) in [6, 6.07) is 13.3. The summed E-state index contributed by atoms with van der Waals surface area (Å²) in [6.45, 7) is 4.15. The molecule has 134 valence electrons. The van der Waals surface area contributed by atoms with Gasteiger partial charge < -0.3 is 4.98 Å². The van der Waals surface area contributed by atoms with E-state index in [1.807, 2.05) is 18.2 Å². The highest BCUT2D eigenvalue weighted by molar-refractivity contribution is 6.33. The van der Waals surface area contributed by atoms with Crippen LogP contribution in [0.3, 0.4) is 0 Å². The smallest absolute Gasteiger partial charge is 0.168 e. The Hall–Kier alpha value is -2.98. The Morgan fingerprint density at radius 3 is 2.70 bits per heavy atom. The predicted molar refractivity (Wildman–Crippen MR) is 108 cm³/mol. The average Bonchev–Trinajstić information content (AvgIpc) is 3.06. The van der Waals surface area contributed by atoms with Gasteiger partial charge in [-0.3, -0.25) is 9.78 Å². The fourth-order valence-corrected chi connectivity index (χ4v) is 3.28. The lowest BCUT2D eigenvalue weighted by Crippen LogP contribution is -2.04. The first-order valence-corrected chi connectivity index (χ1v) is 9.08. The third-order valence-electron chi connectivity index (χ3n) is 4.73. The van der Waals surface area contributed by atoms with Crippen molar-refractivity contribution in [2.75, 3.05) is 0 Å². The van der Waals surface area contributed by atoms with Crippen molar-refractivity contribution in [1.82, 2.24) is 15.0 Å². The minimum atomic E-state index is 0.0206. The lowest BCUT2D eigenvalue weighted by Gasteiger charge is -2.06. The van der Waals surface area contributed by atoms with Crippen LogP contribution in [0.1, 0.15) is 27.0 Å². The molecule has 0 saturated carbocycles. The van der Waals surface area contributed by atoms with E-state index in [1.165, 1.54) is 11.1 Å². The second kappa shape index (κ2) is 6.97. The number of H-pyrrole nitrogens is 1. The van der Waals surface area contributed by atoms with Gasteiger partial charge in [0.25, 0.3) is 0 Å². The maximum atomic E-state index is 12.5. The molecule has 1 N–H and O–H groups in total. The molecule has 2 aromatic heterocycles. The van der Waals surface area contributed by atoms with Crippen molar-refractivity contribution in [1.29, 1.82) is 0 Å². The third kappa shape index (κ3) is 3.49. The van der Waals surface area contributed by atoms with Crippen molar-refractivity contribution in [3.05, 3.63) is 82.1 Å². The number of nitrogens with one attached hydrogen (secondary N) is 1. The first-order chi connectivity index (χ1) is 13.0. The van der Waals surface area contributed by atoms with E-state index >= 15 is 0 Å². The largest absolute Gasteiger partial charge is 0.338 e. The molecule has 0 aliphatic carbocycles. The van der Waals surface area contributed by atoms with Gasteiger partial charge >= 0.3 is 0 Å². The number of rotatable bonds is 4. The number of imidazole rings is 1. The number of Topliss-reactive ketones (excluding diaryl/α,β-unsaturated/α-hetero) is 1. The standard InChI is InChI=1S/C22H18ClN3O/c1-13-8-19-20(9-14(13)2)26-22(25-19)17-10-15(5-6-18(17)23)11-21(27)16-4-3-7-24-12-16/h3-10,12H,11H2,1-2H3,(H,25,26). The Kier molecular flexibility index (Phi) is 4.50. The highest BCUT2D eigenvalue weighted by Gasteiger charge is 2.13. The van der Waals surface area contributed by atoms with E-state index in [9.17, 15) is 4.79 Å². The van der Waals surface area contributed by atoms with Crippen LogP contribution in [0.4, 0.5) is 0 Å². The lowest BCUT2D eigenvalue weighted by molar-refractivity contribution is 0.0992. The topological polar surface area (TPSA) is 58.6 Å². The summed E-state index contributed by atoms with van der Waals surface area (Å²) in [5, 5.41) is 0.597. The molecular weight excluding hydrogens is 358 g/mol. The summed E-state index contributed by atoms with van der Waals surface area (Å²) >= 11 is 6.42. The highest BCUT2D eigenvalue weighted by atomic mass is 35.5. The number of benzene rings is 2. The number of fused-ring (bicyclic) bond motifs is 1. The van der Waals surface area contributed by atoms with Gasteiger partial charge in [0, 0.05) is 29.9 Å². The maximum absolute atomic E-state index is 12.5. The minimum Gasteiger partial charge on any atom is -0.338 e. The number of carbonyl (C=O) groups excluding carboxylic acids is 1. The molecule has 0 amide bonds. The van der Waals surface area contributed by atoms with Crippen LogP contribution in [0.2, 0.25) is 5.02 Å². The van der Waals surface area contributed by atoms with E-state index in [0.29, 0.717) is 16.4 Å². The molecule has 2 aromatic carbocycles. The van der Waals surface area contributed by atoms with Gasteiger partial charge in [-0.15, -0.1) is 0 Å². The molecule has 0 atom stereocenters. The van der Waals surface area contributed by atoms with Gasteiger partial charge in [-0.1, -0.05) is 17.7 Å². The number of nitrogens with zero attached hydrogens (tertiary/aromatic N) is 2. The van der Waals surface area contributed by atoms with Crippen LogP contribution in [-0.4, -0.2) is 20.7 Å². The van der Waals surface area contributed by atoms with Crippen LogP contribution < -0.4 is 0 Å². The second-order valence-electron chi connectivity index (χ2n) is 6.69. The van der Waals surface area contributed by atoms with E-state index in [1.54, 1.807) is 24.5 Å². The molecule has 0 bridgehead atoms. The number of aromatic amines is 1. The number of halogens is 1. The second-order valence-corrected chi connectivity index (χ2v) is 7.10. The monoisotopic (exact) mass is 375 g/mol. The van der Waals surface area contributed by atoms with E-state index in [0.717, 1.165) is 22.2 Å². The Morgan fingerprint density at radius 1 is 1.11 bits per heavy atom. The van der Waals surface area contributed by atoms with Crippen LogP contribution in [0.15, 0.2) is 54.9 Å². The molecule has 0 fully saturated rings. The molecule has 0 aliphatic heterocycles. The zero-order valence-electron chi connectivity index (χ0n) is 15.1. The molecule has 0 spiro atoms. The number of aromatic nitrogens is 3. The van der Waals surface area contributed by atoms with Crippen molar-refractivity contribution in [3.8, 4) is 11.4 Å². The summed E-state index contributed by atoms with van der Waals surface area (Å²) in [7, 11) is 0. The lowest BCUT2D eigenvalue weighted by atomic mass is 10.0. The van der Waals surface area contributed by atoms with Gasteiger partial charge in [0.1, 0.15) is 5.82 Å². The molecule has 0 unspecified atom stereocenters. The van der Waals surface area contributed by atoms with Gasteiger partial charge in [-0.05, 0) is 66.9 Å². The van der Waals surface area contributed by atoms with Gasteiger partial charge in [0.15, 0.2) is 5.78 Å². The van der Waals surface area contributed by atoms with Crippen LogP contribution in [0.25, 0.3) is 22.4 Å². The molecule has 4 rings (SSSR count). The fourth-order valence-electron chi connectivity index (χ4n) is 3.08. The minimum absolute atomic E-state index is 0.0206. The van der Waals surface area contributed by atoms with E-state index in [4.69, 9.17) is 11.6 Å². The number of carbonyl (C=O) groups is 1. The van der Waals surface area contributed by atoms with Crippen molar-refractivity contribution >= 4 is 28.4 Å². The van der Waals surface area contributed by atoms with E-state index in [-0.39, 0.29) is 12.2 Å². The zero-order valence-corrected chi connectivity index (χ0v) is 15.8. The zero-order chi connectivity index (χ0) is 19.0. The fraction of sp³-hybridized carbons (Fsp3) is 0.136. The van der Waals surface area contributed by atoms with E-state index < -0.39 is 0 Å². The maximum Gasteiger partial charge on any atom is 0.168 e. The molecule has 4 aromatic rings. The first kappa shape index (κ1) is 17.4. The molecule has 0 saturated heterocycles. The normalized spacial score (nSPS) is 11.1. The van der Waals surface area contributed by atoms with Crippen LogP contribution in [-0.2, 0) is 6.42 Å². The van der Waals surface area contributed by atoms with Crippen LogP contribution in [0.5, 0.6) is 0 Å². The molecule has 0 radical (unpaired) electrons. The van der Waals surface area contributed by atoms with E-state index in [2.05, 4.69) is 40.9 Å². The Bertz CT molecular complexity index is 1110. The quantitative estimate of drug-likeness (QED) is 0.491. The van der Waals surface area contributed by atoms with Gasteiger partial charge in [0.2, 0.25) is 0 Å². The highest BCUT2D eigenvalue weighted by Crippen LogP contribution is 2.29. The number of ketones is 1. The van der Waals surface area contributed by atoms with Crippen molar-refractivity contribution < 1.29 is 4.79 Å². The van der Waals surface area contributed by atoms with Crippen molar-refractivity contribution in [2.45, 2.75) is 20.3 Å². The van der Waals surface area contributed by atoms with Crippen molar-refractivity contribution in [2.24, 2.45) is 0 Å². The van der Waals surface area contributed by atoms with Crippen LogP contribution >= 0.6 is 11.6 Å². The number of aryl methyl sites for hydroxylation is 2. The molecule has 27 heavy (non-hydrogen) atoms. The summed E-state index contributed by atoms with van der Waals surface area (Å²) in [5.74, 6) is 0.725. The summed E-state index contributed by atoms with van der Waals surface area (Å²) in [6.07, 6.45) is 3.53. The molecule has 5 heteroatoms. The summed E-state index contributed by atoms with van der Waals surface area (Å²) < 4.78 is 0. The van der Waals surface area contributed by atoms with Gasteiger partial charge in [0.05, 0.1) is 16.1 Å². The van der Waals surface area contributed by atoms with Crippen molar-refractivity contribution in [3.63, 3.8) is 0 Å². The number of hydrogen-bond donors (Lipinski definition) is 1. The Morgan fingerprint density at radius 2 is 1.93 bits per heavy atom. The first-order valence-electron chi connectivity index (χ1n) is 8.70. The van der Waals surface area contributed by atoms with Gasteiger partial charge in [-0.25, -0.2) is 4.98 Å². The SMILES string of the molecule is Cc1cc2nc(-c3cc(CC(=O)c4cccnc4)ccc3Cl)[nH]c2cc1C. The third-order valence-corrected chi connectivity index (χ3v) is 5.06.